The van der Waals surface area contributed by atoms with Crippen molar-refractivity contribution in [3.63, 3.8) is 0 Å². The summed E-state index contributed by atoms with van der Waals surface area (Å²) in [5.74, 6) is -0.294. The molecule has 0 atom stereocenters. The largest absolute Gasteiger partial charge is 0.355 e. The van der Waals surface area contributed by atoms with Crippen molar-refractivity contribution < 1.29 is 9.59 Å². The molecule has 0 saturated carbocycles. The maximum absolute atomic E-state index is 12.8. The highest BCUT2D eigenvalue weighted by atomic mass is 16.2. The number of carbonyl (C=O) groups is 2. The first kappa shape index (κ1) is 19.9. The summed E-state index contributed by atoms with van der Waals surface area (Å²) in [4.78, 5) is 26.9. The molecule has 3 heterocycles. The molecule has 1 aromatic carbocycles. The highest BCUT2D eigenvalue weighted by molar-refractivity contribution is 5.97. The van der Waals surface area contributed by atoms with Crippen LogP contribution in [0.2, 0.25) is 0 Å². The molecule has 1 aliphatic rings. The maximum Gasteiger partial charge on any atom is 0.272 e. The van der Waals surface area contributed by atoms with Crippen molar-refractivity contribution in [1.29, 1.82) is 0 Å². The zero-order valence-corrected chi connectivity index (χ0v) is 17.5. The van der Waals surface area contributed by atoms with Crippen molar-refractivity contribution in [3.8, 4) is 11.3 Å². The fourth-order valence-electron chi connectivity index (χ4n) is 3.85. The van der Waals surface area contributed by atoms with Crippen molar-refractivity contribution in [2.24, 2.45) is 5.92 Å². The Morgan fingerprint density at radius 2 is 1.83 bits per heavy atom. The van der Waals surface area contributed by atoms with Crippen LogP contribution in [-0.2, 0) is 11.2 Å². The lowest BCUT2D eigenvalue weighted by Gasteiger charge is -2.38. The maximum atomic E-state index is 12.8. The van der Waals surface area contributed by atoms with Gasteiger partial charge in [-0.25, -0.2) is 0 Å². The van der Waals surface area contributed by atoms with Crippen LogP contribution < -0.4 is 5.32 Å². The highest BCUT2D eigenvalue weighted by Crippen LogP contribution is 2.25. The van der Waals surface area contributed by atoms with Gasteiger partial charge in [0, 0.05) is 36.5 Å². The average Bonchev–Trinajstić information content (AvgIpc) is 3.24. The van der Waals surface area contributed by atoms with Crippen LogP contribution >= 0.6 is 0 Å². The van der Waals surface area contributed by atoms with Gasteiger partial charge in [-0.1, -0.05) is 30.3 Å². The zero-order chi connectivity index (χ0) is 21.3. The standard InChI is InChI=1S/C22H26N6O2/c1-13-19(16-7-5-4-6-8-16)26-27-20(13)22(30)28-11-17(12-28)21(29)23-10-9-18-14(2)24-25-15(18)3/h4-8,17H,9-12H2,1-3H3,(H,23,29)(H,24,25)(H,26,27). The number of nitrogens with zero attached hydrogens (tertiary/aromatic N) is 3. The number of aryl methyl sites for hydroxylation is 2. The van der Waals surface area contributed by atoms with E-state index in [4.69, 9.17) is 0 Å². The van der Waals surface area contributed by atoms with Gasteiger partial charge in [0.2, 0.25) is 5.91 Å². The molecule has 0 unspecified atom stereocenters. The molecule has 8 nitrogen and oxygen atoms in total. The normalized spacial score (nSPS) is 13.9. The van der Waals surface area contributed by atoms with Gasteiger partial charge < -0.3 is 10.2 Å². The average molecular weight is 406 g/mol. The Labute approximate surface area is 175 Å². The summed E-state index contributed by atoms with van der Waals surface area (Å²) in [5.41, 5.74) is 6.19. The SMILES string of the molecule is Cc1n[nH]c(C)c1CCNC(=O)C1CN(C(=O)c2[nH]nc(-c3ccccc3)c2C)C1. The molecule has 4 rings (SSSR count). The molecular formula is C22H26N6O2. The summed E-state index contributed by atoms with van der Waals surface area (Å²) < 4.78 is 0. The Bertz CT molecular complexity index is 1040. The van der Waals surface area contributed by atoms with Crippen molar-refractivity contribution in [2.75, 3.05) is 19.6 Å². The molecule has 30 heavy (non-hydrogen) atoms. The number of aromatic nitrogens is 4. The van der Waals surface area contributed by atoms with E-state index in [0.717, 1.165) is 40.2 Å². The molecule has 1 aliphatic heterocycles. The lowest BCUT2D eigenvalue weighted by molar-refractivity contribution is -0.128. The first-order valence-electron chi connectivity index (χ1n) is 10.1. The minimum Gasteiger partial charge on any atom is -0.355 e. The molecule has 0 radical (unpaired) electrons. The minimum atomic E-state index is -0.169. The first-order valence-corrected chi connectivity index (χ1v) is 10.1. The lowest BCUT2D eigenvalue weighted by Crippen LogP contribution is -2.56. The number of aromatic amines is 2. The van der Waals surface area contributed by atoms with Gasteiger partial charge in [0.25, 0.3) is 5.91 Å². The van der Waals surface area contributed by atoms with Crippen LogP contribution in [0, 0.1) is 26.7 Å². The number of rotatable bonds is 6. The van der Waals surface area contributed by atoms with E-state index >= 15 is 0 Å². The van der Waals surface area contributed by atoms with Gasteiger partial charge >= 0.3 is 0 Å². The summed E-state index contributed by atoms with van der Waals surface area (Å²) in [7, 11) is 0. The molecule has 2 aromatic heterocycles. The molecule has 0 spiro atoms. The third kappa shape index (κ3) is 3.72. The second kappa shape index (κ2) is 8.14. The molecule has 156 valence electrons. The van der Waals surface area contributed by atoms with E-state index in [-0.39, 0.29) is 17.7 Å². The molecule has 3 N–H and O–H groups in total. The summed E-state index contributed by atoms with van der Waals surface area (Å²) in [6.45, 7) is 7.23. The molecule has 1 saturated heterocycles. The fraction of sp³-hybridized carbons (Fsp3) is 0.364. The van der Waals surface area contributed by atoms with Crippen LogP contribution in [0.25, 0.3) is 11.3 Å². The topological polar surface area (TPSA) is 107 Å². The fourth-order valence-corrected chi connectivity index (χ4v) is 3.85. The second-order valence-corrected chi connectivity index (χ2v) is 7.80. The zero-order valence-electron chi connectivity index (χ0n) is 17.5. The smallest absolute Gasteiger partial charge is 0.272 e. The van der Waals surface area contributed by atoms with Crippen LogP contribution in [-0.4, -0.2) is 56.7 Å². The summed E-state index contributed by atoms with van der Waals surface area (Å²) >= 11 is 0. The van der Waals surface area contributed by atoms with Gasteiger partial charge in [-0.15, -0.1) is 0 Å². The van der Waals surface area contributed by atoms with Crippen molar-refractivity contribution in [1.82, 2.24) is 30.6 Å². The van der Waals surface area contributed by atoms with Gasteiger partial charge in [0.1, 0.15) is 5.69 Å². The van der Waals surface area contributed by atoms with E-state index in [0.29, 0.717) is 25.3 Å². The third-order valence-corrected chi connectivity index (χ3v) is 5.77. The van der Waals surface area contributed by atoms with Gasteiger partial charge in [-0.05, 0) is 32.8 Å². The van der Waals surface area contributed by atoms with Gasteiger partial charge in [-0.2, -0.15) is 10.2 Å². The lowest BCUT2D eigenvalue weighted by atomic mass is 9.97. The van der Waals surface area contributed by atoms with E-state index in [9.17, 15) is 9.59 Å². The number of amides is 2. The number of hydrogen-bond acceptors (Lipinski definition) is 4. The summed E-state index contributed by atoms with van der Waals surface area (Å²) in [5, 5.41) is 17.3. The van der Waals surface area contributed by atoms with Crippen LogP contribution in [0.5, 0.6) is 0 Å². The highest BCUT2D eigenvalue weighted by Gasteiger charge is 2.37. The molecule has 8 heteroatoms. The van der Waals surface area contributed by atoms with E-state index in [1.165, 1.54) is 0 Å². The number of H-pyrrole nitrogens is 2. The van der Waals surface area contributed by atoms with E-state index in [1.54, 1.807) is 4.90 Å². The van der Waals surface area contributed by atoms with Crippen molar-refractivity contribution >= 4 is 11.8 Å². The van der Waals surface area contributed by atoms with Crippen LogP contribution in [0.1, 0.15) is 33.0 Å². The van der Waals surface area contributed by atoms with Crippen LogP contribution in [0.3, 0.4) is 0 Å². The van der Waals surface area contributed by atoms with Gasteiger partial charge in [-0.3, -0.25) is 19.8 Å². The number of hydrogen-bond donors (Lipinski definition) is 3. The monoisotopic (exact) mass is 406 g/mol. The third-order valence-electron chi connectivity index (χ3n) is 5.77. The number of nitrogens with one attached hydrogen (secondary N) is 3. The second-order valence-electron chi connectivity index (χ2n) is 7.80. The summed E-state index contributed by atoms with van der Waals surface area (Å²) in [6, 6.07) is 9.76. The Kier molecular flexibility index (Phi) is 5.39. The predicted octanol–water partition coefficient (Wildman–Crippen LogP) is 2.16. The molecule has 3 aromatic rings. The number of carbonyl (C=O) groups excluding carboxylic acids is 2. The number of likely N-dealkylation sites (tertiary alicyclic amines) is 1. The predicted molar refractivity (Wildman–Crippen MR) is 113 cm³/mol. The Balaban J connectivity index is 1.29. The number of benzene rings is 1. The van der Waals surface area contributed by atoms with Gasteiger partial charge in [0.15, 0.2) is 0 Å². The minimum absolute atomic E-state index is 0.0100. The van der Waals surface area contributed by atoms with E-state index < -0.39 is 0 Å². The van der Waals surface area contributed by atoms with Crippen LogP contribution in [0.15, 0.2) is 30.3 Å². The first-order chi connectivity index (χ1) is 14.5. The van der Waals surface area contributed by atoms with E-state index in [2.05, 4.69) is 25.7 Å². The molecular weight excluding hydrogens is 380 g/mol. The van der Waals surface area contributed by atoms with Crippen molar-refractivity contribution in [3.05, 3.63) is 58.5 Å². The van der Waals surface area contributed by atoms with Crippen molar-refractivity contribution in [2.45, 2.75) is 27.2 Å². The Morgan fingerprint density at radius 1 is 1.10 bits per heavy atom. The molecule has 2 amide bonds. The molecule has 0 aliphatic carbocycles. The van der Waals surface area contributed by atoms with E-state index in [1.807, 2.05) is 51.1 Å². The van der Waals surface area contributed by atoms with Crippen LogP contribution in [0.4, 0.5) is 0 Å². The quantitative estimate of drug-likeness (QED) is 0.583. The molecule has 1 fully saturated rings. The Hall–Kier alpha value is -3.42. The van der Waals surface area contributed by atoms with Gasteiger partial charge in [0.05, 0.1) is 17.3 Å². The summed E-state index contributed by atoms with van der Waals surface area (Å²) in [6.07, 6.45) is 0.741. The molecule has 0 bridgehead atoms. The Morgan fingerprint density at radius 3 is 2.50 bits per heavy atom.